The number of nitrogens with two attached hydrogens (primary N) is 1. The number of hydrogen-bond acceptors (Lipinski definition) is 2. The van der Waals surface area contributed by atoms with Gasteiger partial charge in [-0.25, -0.2) is 14.2 Å². The Bertz CT molecular complexity index is 543. The van der Waals surface area contributed by atoms with Crippen LogP contribution in [0.1, 0.15) is 17.2 Å². The second-order valence-electron chi connectivity index (χ2n) is 3.79. The van der Waals surface area contributed by atoms with Gasteiger partial charge in [-0.05, 0) is 23.8 Å². The van der Waals surface area contributed by atoms with Gasteiger partial charge < -0.3 is 0 Å². The van der Waals surface area contributed by atoms with Crippen LogP contribution in [0.3, 0.4) is 0 Å². The van der Waals surface area contributed by atoms with Crippen molar-refractivity contribution in [1.82, 2.24) is 5.43 Å². The average Bonchev–Trinajstić information content (AvgIpc) is 2.37. The normalized spacial score (nSPS) is 12.4. The third-order valence-electron chi connectivity index (χ3n) is 2.66. The van der Waals surface area contributed by atoms with E-state index in [1.807, 2.05) is 12.1 Å². The molecule has 5 heteroatoms. The molecule has 2 rings (SSSR count). The van der Waals surface area contributed by atoms with Gasteiger partial charge in [0.15, 0.2) is 11.6 Å². The second kappa shape index (κ2) is 5.56. The molecule has 18 heavy (non-hydrogen) atoms. The van der Waals surface area contributed by atoms with E-state index in [-0.39, 0.29) is 5.56 Å². The fourth-order valence-corrected chi connectivity index (χ4v) is 2.03. The molecule has 0 fully saturated rings. The first-order chi connectivity index (χ1) is 8.63. The van der Waals surface area contributed by atoms with Crippen LogP contribution in [-0.2, 0) is 0 Å². The molecule has 0 aliphatic carbocycles. The monoisotopic (exact) mass is 312 g/mol. The molecule has 1 atom stereocenters. The van der Waals surface area contributed by atoms with Gasteiger partial charge in [-0.15, -0.1) is 0 Å². The molecule has 0 spiro atoms. The average molecular weight is 313 g/mol. The summed E-state index contributed by atoms with van der Waals surface area (Å²) in [6.45, 7) is 0. The zero-order valence-corrected chi connectivity index (χ0v) is 10.9. The van der Waals surface area contributed by atoms with Crippen molar-refractivity contribution < 1.29 is 8.78 Å². The topological polar surface area (TPSA) is 38.0 Å². The van der Waals surface area contributed by atoms with Crippen LogP contribution in [0, 0.1) is 11.6 Å². The molecule has 1 unspecified atom stereocenters. The zero-order chi connectivity index (χ0) is 13.1. The molecule has 3 N–H and O–H groups in total. The Morgan fingerprint density at radius 3 is 2.33 bits per heavy atom. The molecule has 0 saturated carbocycles. The van der Waals surface area contributed by atoms with Crippen molar-refractivity contribution >= 4 is 15.9 Å². The van der Waals surface area contributed by atoms with E-state index in [0.717, 1.165) is 16.1 Å². The van der Waals surface area contributed by atoms with Gasteiger partial charge in [0.05, 0.1) is 6.04 Å². The van der Waals surface area contributed by atoms with Crippen molar-refractivity contribution in [1.29, 1.82) is 0 Å². The smallest absolute Gasteiger partial charge is 0.163 e. The van der Waals surface area contributed by atoms with Crippen molar-refractivity contribution in [2.24, 2.45) is 5.84 Å². The molecule has 94 valence electrons. The van der Waals surface area contributed by atoms with Crippen LogP contribution in [0.25, 0.3) is 0 Å². The van der Waals surface area contributed by atoms with Crippen LogP contribution in [0.5, 0.6) is 0 Å². The Morgan fingerprint density at radius 2 is 1.72 bits per heavy atom. The van der Waals surface area contributed by atoms with E-state index in [0.29, 0.717) is 0 Å². The van der Waals surface area contributed by atoms with E-state index in [1.54, 1.807) is 12.1 Å². The molecule has 2 aromatic rings. The Kier molecular flexibility index (Phi) is 4.06. The Hall–Kier alpha value is -1.30. The predicted octanol–water partition coefficient (Wildman–Crippen LogP) is 3.28. The summed E-state index contributed by atoms with van der Waals surface area (Å²) < 4.78 is 27.8. The maximum absolute atomic E-state index is 13.7. The number of hydrazine groups is 1. The van der Waals surface area contributed by atoms with Gasteiger partial charge in [-0.1, -0.05) is 40.2 Å². The summed E-state index contributed by atoms with van der Waals surface area (Å²) in [5, 5.41) is 0. The molecule has 0 aliphatic rings. The van der Waals surface area contributed by atoms with Crippen molar-refractivity contribution in [2.45, 2.75) is 6.04 Å². The first-order valence-electron chi connectivity index (χ1n) is 5.29. The minimum absolute atomic E-state index is 0.180. The van der Waals surface area contributed by atoms with Gasteiger partial charge in [0.25, 0.3) is 0 Å². The molecule has 0 radical (unpaired) electrons. The number of nitrogens with one attached hydrogen (secondary N) is 1. The van der Waals surface area contributed by atoms with E-state index in [4.69, 9.17) is 5.84 Å². The molecule has 0 heterocycles. The van der Waals surface area contributed by atoms with E-state index >= 15 is 0 Å². The van der Waals surface area contributed by atoms with Crippen LogP contribution < -0.4 is 11.3 Å². The van der Waals surface area contributed by atoms with Crippen molar-refractivity contribution in [3.63, 3.8) is 0 Å². The summed E-state index contributed by atoms with van der Waals surface area (Å²) in [4.78, 5) is 0. The molecular formula is C13H11BrF2N2. The van der Waals surface area contributed by atoms with Crippen molar-refractivity contribution in [2.75, 3.05) is 0 Å². The van der Waals surface area contributed by atoms with Crippen LogP contribution in [0.4, 0.5) is 8.78 Å². The molecule has 0 aromatic heterocycles. The molecule has 0 saturated heterocycles. The summed E-state index contributed by atoms with van der Waals surface area (Å²) in [6, 6.07) is 10.7. The van der Waals surface area contributed by atoms with Crippen molar-refractivity contribution in [3.05, 3.63) is 69.7 Å². The standard InChI is InChI=1S/C13H11BrF2N2/c14-9-6-4-8(5-7-9)13(18-17)10-2-1-3-11(15)12(10)16/h1-7,13,18H,17H2. The fraction of sp³-hybridized carbons (Fsp3) is 0.0769. The summed E-state index contributed by atoms with van der Waals surface area (Å²) >= 11 is 3.31. The Balaban J connectivity index is 2.45. The minimum Gasteiger partial charge on any atom is -0.271 e. The van der Waals surface area contributed by atoms with Gasteiger partial charge in [-0.3, -0.25) is 5.84 Å². The lowest BCUT2D eigenvalue weighted by Gasteiger charge is -2.17. The summed E-state index contributed by atoms with van der Waals surface area (Å²) in [5.41, 5.74) is 3.44. The van der Waals surface area contributed by atoms with Crippen LogP contribution in [0.15, 0.2) is 46.9 Å². The lowest BCUT2D eigenvalue weighted by atomic mass is 9.99. The molecule has 0 bridgehead atoms. The molecule has 2 aromatic carbocycles. The molecule has 0 amide bonds. The number of benzene rings is 2. The molecule has 2 nitrogen and oxygen atoms in total. The fourth-order valence-electron chi connectivity index (χ4n) is 1.76. The quantitative estimate of drug-likeness (QED) is 0.674. The summed E-state index contributed by atoms with van der Waals surface area (Å²) in [5.74, 6) is 3.67. The maximum Gasteiger partial charge on any atom is 0.163 e. The van der Waals surface area contributed by atoms with Gasteiger partial charge in [0.1, 0.15) is 0 Å². The van der Waals surface area contributed by atoms with Gasteiger partial charge in [0, 0.05) is 10.0 Å². The number of hydrogen-bond donors (Lipinski definition) is 2. The van der Waals surface area contributed by atoms with Crippen molar-refractivity contribution in [3.8, 4) is 0 Å². The van der Waals surface area contributed by atoms with Gasteiger partial charge in [0.2, 0.25) is 0 Å². The number of rotatable bonds is 3. The highest BCUT2D eigenvalue weighted by atomic mass is 79.9. The highest BCUT2D eigenvalue weighted by molar-refractivity contribution is 9.10. The van der Waals surface area contributed by atoms with E-state index < -0.39 is 17.7 Å². The minimum atomic E-state index is -0.886. The van der Waals surface area contributed by atoms with E-state index in [1.165, 1.54) is 12.1 Å². The summed E-state index contributed by atoms with van der Waals surface area (Å²) in [6.07, 6.45) is 0. The van der Waals surface area contributed by atoms with Crippen LogP contribution in [-0.4, -0.2) is 0 Å². The summed E-state index contributed by atoms with van der Waals surface area (Å²) in [7, 11) is 0. The lowest BCUT2D eigenvalue weighted by Crippen LogP contribution is -2.29. The largest absolute Gasteiger partial charge is 0.271 e. The molecule has 0 aliphatic heterocycles. The Labute approximate surface area is 112 Å². The molecular weight excluding hydrogens is 302 g/mol. The first-order valence-corrected chi connectivity index (χ1v) is 6.08. The first kappa shape index (κ1) is 13.1. The Morgan fingerprint density at radius 1 is 1.06 bits per heavy atom. The highest BCUT2D eigenvalue weighted by Crippen LogP contribution is 2.26. The lowest BCUT2D eigenvalue weighted by molar-refractivity contribution is 0.483. The highest BCUT2D eigenvalue weighted by Gasteiger charge is 2.18. The van der Waals surface area contributed by atoms with Crippen LogP contribution in [0.2, 0.25) is 0 Å². The van der Waals surface area contributed by atoms with Gasteiger partial charge >= 0.3 is 0 Å². The maximum atomic E-state index is 13.7. The third-order valence-corrected chi connectivity index (χ3v) is 3.19. The van der Waals surface area contributed by atoms with E-state index in [9.17, 15) is 8.78 Å². The second-order valence-corrected chi connectivity index (χ2v) is 4.71. The van der Waals surface area contributed by atoms with Crippen LogP contribution >= 0.6 is 15.9 Å². The SMILES string of the molecule is NNC(c1ccc(Br)cc1)c1cccc(F)c1F. The third kappa shape index (κ3) is 2.58. The van der Waals surface area contributed by atoms with Gasteiger partial charge in [-0.2, -0.15) is 0 Å². The van der Waals surface area contributed by atoms with E-state index in [2.05, 4.69) is 21.4 Å². The number of halogens is 3. The predicted molar refractivity (Wildman–Crippen MR) is 69.7 cm³/mol. The zero-order valence-electron chi connectivity index (χ0n) is 9.33.